The lowest BCUT2D eigenvalue weighted by molar-refractivity contribution is -0.148. The molecule has 0 aromatic rings. The standard InChI is InChI=1S/C16H28N2O3/c1-12-5-4-6-13(9-12)10-17-15(21)18-11-16(14(19)20)7-2-3-8-16/h12-13H,2-11H2,1H3,(H,19,20)(H2,17,18,21). The van der Waals surface area contributed by atoms with E-state index in [0.717, 1.165) is 18.8 Å². The molecule has 2 aliphatic carbocycles. The topological polar surface area (TPSA) is 78.4 Å². The van der Waals surface area contributed by atoms with Crippen molar-refractivity contribution in [1.82, 2.24) is 10.6 Å². The fourth-order valence-corrected chi connectivity index (χ4v) is 3.81. The number of aliphatic carboxylic acids is 1. The van der Waals surface area contributed by atoms with Gasteiger partial charge in [-0.2, -0.15) is 0 Å². The average molecular weight is 296 g/mol. The molecule has 0 spiro atoms. The van der Waals surface area contributed by atoms with Gasteiger partial charge < -0.3 is 15.7 Å². The Bertz CT molecular complexity index is 378. The molecule has 2 fully saturated rings. The molecule has 2 aliphatic rings. The summed E-state index contributed by atoms with van der Waals surface area (Å²) in [4.78, 5) is 23.3. The molecule has 21 heavy (non-hydrogen) atoms. The SMILES string of the molecule is CC1CCCC(CNC(=O)NCC2(C(=O)O)CCCC2)C1. The van der Waals surface area contributed by atoms with E-state index in [2.05, 4.69) is 17.6 Å². The van der Waals surface area contributed by atoms with E-state index in [4.69, 9.17) is 0 Å². The molecule has 0 radical (unpaired) electrons. The van der Waals surface area contributed by atoms with Crippen LogP contribution in [0.4, 0.5) is 4.79 Å². The third-order valence-electron chi connectivity index (χ3n) is 5.20. The van der Waals surface area contributed by atoms with Crippen molar-refractivity contribution in [1.29, 1.82) is 0 Å². The van der Waals surface area contributed by atoms with Gasteiger partial charge in [0.2, 0.25) is 0 Å². The largest absolute Gasteiger partial charge is 0.481 e. The van der Waals surface area contributed by atoms with Crippen molar-refractivity contribution in [3.8, 4) is 0 Å². The van der Waals surface area contributed by atoms with E-state index in [1.54, 1.807) is 0 Å². The zero-order valence-corrected chi connectivity index (χ0v) is 13.0. The minimum Gasteiger partial charge on any atom is -0.481 e. The van der Waals surface area contributed by atoms with Gasteiger partial charge in [0.1, 0.15) is 0 Å². The lowest BCUT2D eigenvalue weighted by atomic mass is 9.82. The van der Waals surface area contributed by atoms with E-state index in [1.807, 2.05) is 0 Å². The summed E-state index contributed by atoms with van der Waals surface area (Å²) in [6.45, 7) is 3.22. The summed E-state index contributed by atoms with van der Waals surface area (Å²) in [7, 11) is 0. The highest BCUT2D eigenvalue weighted by Crippen LogP contribution is 2.37. The molecule has 2 rings (SSSR count). The summed E-state index contributed by atoms with van der Waals surface area (Å²) in [5, 5.41) is 15.0. The summed E-state index contributed by atoms with van der Waals surface area (Å²) >= 11 is 0. The fourth-order valence-electron chi connectivity index (χ4n) is 3.81. The Labute approximate surface area is 126 Å². The van der Waals surface area contributed by atoms with Crippen LogP contribution < -0.4 is 10.6 Å². The number of carboxylic acid groups (broad SMARTS) is 1. The van der Waals surface area contributed by atoms with Crippen molar-refractivity contribution < 1.29 is 14.7 Å². The van der Waals surface area contributed by atoms with Crippen molar-refractivity contribution >= 4 is 12.0 Å². The van der Waals surface area contributed by atoms with Crippen LogP contribution in [-0.2, 0) is 4.79 Å². The Morgan fingerprint density at radius 2 is 1.86 bits per heavy atom. The van der Waals surface area contributed by atoms with Gasteiger partial charge >= 0.3 is 12.0 Å². The van der Waals surface area contributed by atoms with Gasteiger partial charge in [-0.1, -0.05) is 32.6 Å². The summed E-state index contributed by atoms with van der Waals surface area (Å²) in [5.74, 6) is 0.545. The smallest absolute Gasteiger partial charge is 0.314 e. The van der Waals surface area contributed by atoms with Crippen LogP contribution >= 0.6 is 0 Å². The van der Waals surface area contributed by atoms with Crippen LogP contribution in [0.25, 0.3) is 0 Å². The van der Waals surface area contributed by atoms with Crippen LogP contribution in [0.3, 0.4) is 0 Å². The van der Waals surface area contributed by atoms with E-state index in [0.29, 0.717) is 25.3 Å². The molecule has 2 saturated carbocycles. The Morgan fingerprint density at radius 3 is 2.48 bits per heavy atom. The average Bonchev–Trinajstić information content (AvgIpc) is 2.93. The zero-order valence-electron chi connectivity index (χ0n) is 13.0. The molecule has 2 amide bonds. The number of carbonyl (C=O) groups is 2. The molecule has 0 aromatic carbocycles. The Kier molecular flexibility index (Phi) is 5.48. The zero-order chi connectivity index (χ0) is 15.3. The predicted octanol–water partition coefficient (Wildman–Crippen LogP) is 2.76. The molecule has 0 saturated heterocycles. The number of carbonyl (C=O) groups excluding carboxylic acids is 1. The Balaban J connectivity index is 1.70. The van der Waals surface area contributed by atoms with E-state index < -0.39 is 11.4 Å². The number of hydrogen-bond donors (Lipinski definition) is 3. The first-order chi connectivity index (χ1) is 10.0. The quantitative estimate of drug-likeness (QED) is 0.730. The number of hydrogen-bond acceptors (Lipinski definition) is 2. The number of carboxylic acids is 1. The molecule has 0 aliphatic heterocycles. The predicted molar refractivity (Wildman–Crippen MR) is 81.1 cm³/mol. The number of nitrogens with one attached hydrogen (secondary N) is 2. The van der Waals surface area contributed by atoms with Crippen molar-refractivity contribution in [3.05, 3.63) is 0 Å². The van der Waals surface area contributed by atoms with Crippen LogP contribution in [0.15, 0.2) is 0 Å². The second kappa shape index (κ2) is 7.14. The monoisotopic (exact) mass is 296 g/mol. The first kappa shape index (κ1) is 16.1. The normalized spacial score (nSPS) is 28.0. The van der Waals surface area contributed by atoms with Gasteiger partial charge in [0, 0.05) is 13.1 Å². The minimum atomic E-state index is -0.776. The second-order valence-corrected chi connectivity index (χ2v) is 6.99. The maximum absolute atomic E-state index is 11.9. The van der Waals surface area contributed by atoms with Gasteiger partial charge in [0.25, 0.3) is 0 Å². The Morgan fingerprint density at radius 1 is 1.14 bits per heavy atom. The van der Waals surface area contributed by atoms with Crippen molar-refractivity contribution in [2.24, 2.45) is 17.3 Å². The highest BCUT2D eigenvalue weighted by molar-refractivity contribution is 5.78. The van der Waals surface area contributed by atoms with Gasteiger partial charge in [-0.05, 0) is 37.5 Å². The van der Waals surface area contributed by atoms with Gasteiger partial charge in [-0.15, -0.1) is 0 Å². The van der Waals surface area contributed by atoms with Crippen LogP contribution in [0.1, 0.15) is 58.3 Å². The van der Waals surface area contributed by atoms with Crippen LogP contribution in [0.5, 0.6) is 0 Å². The molecule has 2 atom stereocenters. The molecule has 2 unspecified atom stereocenters. The molecule has 3 N–H and O–H groups in total. The molecule has 0 bridgehead atoms. The maximum Gasteiger partial charge on any atom is 0.314 e. The molecule has 5 heteroatoms. The molecular weight excluding hydrogens is 268 g/mol. The van der Waals surface area contributed by atoms with E-state index >= 15 is 0 Å². The van der Waals surface area contributed by atoms with Gasteiger partial charge in [-0.3, -0.25) is 4.79 Å². The molecular formula is C16H28N2O3. The van der Waals surface area contributed by atoms with E-state index in [1.165, 1.54) is 25.7 Å². The highest BCUT2D eigenvalue weighted by Gasteiger charge is 2.41. The second-order valence-electron chi connectivity index (χ2n) is 6.99. The summed E-state index contributed by atoms with van der Waals surface area (Å²) in [6.07, 6.45) is 8.13. The van der Waals surface area contributed by atoms with Crippen LogP contribution in [0.2, 0.25) is 0 Å². The number of amides is 2. The van der Waals surface area contributed by atoms with Crippen molar-refractivity contribution in [2.75, 3.05) is 13.1 Å². The maximum atomic E-state index is 11.9. The van der Waals surface area contributed by atoms with Gasteiger partial charge in [0.15, 0.2) is 0 Å². The minimum absolute atomic E-state index is 0.222. The molecule has 120 valence electrons. The third kappa shape index (κ3) is 4.35. The fraction of sp³-hybridized carbons (Fsp3) is 0.875. The van der Waals surface area contributed by atoms with Gasteiger partial charge in [0.05, 0.1) is 5.41 Å². The summed E-state index contributed by atoms with van der Waals surface area (Å²) in [5.41, 5.74) is -0.739. The number of rotatable bonds is 5. The first-order valence-corrected chi connectivity index (χ1v) is 8.27. The van der Waals surface area contributed by atoms with Crippen LogP contribution in [-0.4, -0.2) is 30.2 Å². The first-order valence-electron chi connectivity index (χ1n) is 8.27. The molecule has 0 heterocycles. The molecule has 0 aromatic heterocycles. The number of urea groups is 1. The molecule has 5 nitrogen and oxygen atoms in total. The summed E-state index contributed by atoms with van der Waals surface area (Å²) in [6, 6.07) is -0.222. The summed E-state index contributed by atoms with van der Waals surface area (Å²) < 4.78 is 0. The third-order valence-corrected chi connectivity index (χ3v) is 5.20. The van der Waals surface area contributed by atoms with Crippen LogP contribution in [0, 0.1) is 17.3 Å². The lowest BCUT2D eigenvalue weighted by Gasteiger charge is -2.27. The van der Waals surface area contributed by atoms with E-state index in [9.17, 15) is 14.7 Å². The van der Waals surface area contributed by atoms with Crippen molar-refractivity contribution in [3.63, 3.8) is 0 Å². The van der Waals surface area contributed by atoms with Gasteiger partial charge in [-0.25, -0.2) is 4.79 Å². The van der Waals surface area contributed by atoms with E-state index in [-0.39, 0.29) is 12.6 Å². The van der Waals surface area contributed by atoms with Crippen molar-refractivity contribution in [2.45, 2.75) is 58.3 Å². The highest BCUT2D eigenvalue weighted by atomic mass is 16.4. The lowest BCUT2D eigenvalue weighted by Crippen LogP contribution is -2.46. The Hall–Kier alpha value is -1.26.